The highest BCUT2D eigenvalue weighted by molar-refractivity contribution is 7.18. The minimum Gasteiger partial charge on any atom is -0.375 e. The van der Waals surface area contributed by atoms with Crippen LogP contribution < -0.4 is 11.5 Å². The smallest absolute Gasteiger partial charge is 0.375 e. The van der Waals surface area contributed by atoms with Crippen LogP contribution in [0.1, 0.15) is 16.8 Å². The first-order chi connectivity index (χ1) is 14.2. The van der Waals surface area contributed by atoms with Crippen LogP contribution in [0, 0.1) is 0 Å². The normalized spacial score (nSPS) is 13.1. The third kappa shape index (κ3) is 4.17. The lowest BCUT2D eigenvalue weighted by atomic mass is 10.00. The maximum absolute atomic E-state index is 12.7. The van der Waals surface area contributed by atoms with Crippen LogP contribution in [-0.2, 0) is 26.1 Å². The fourth-order valence-corrected chi connectivity index (χ4v) is 4.33. The van der Waals surface area contributed by atoms with E-state index in [1.165, 1.54) is 23.5 Å². The van der Waals surface area contributed by atoms with Gasteiger partial charge in [0, 0.05) is 24.9 Å². The van der Waals surface area contributed by atoms with E-state index in [0.717, 1.165) is 44.7 Å². The van der Waals surface area contributed by atoms with E-state index in [1.54, 1.807) is 10.9 Å². The van der Waals surface area contributed by atoms with Crippen molar-refractivity contribution in [3.05, 3.63) is 65.5 Å². The van der Waals surface area contributed by atoms with Gasteiger partial charge in [-0.05, 0) is 35.7 Å². The molecule has 4 rings (SSSR count). The molecule has 0 spiro atoms. The van der Waals surface area contributed by atoms with Crippen molar-refractivity contribution in [2.75, 3.05) is 5.73 Å². The number of alkyl halides is 3. The number of thiazole rings is 1. The molecule has 0 bridgehead atoms. The number of anilines is 1. The van der Waals surface area contributed by atoms with Gasteiger partial charge < -0.3 is 11.5 Å². The molecule has 30 heavy (non-hydrogen) atoms. The monoisotopic (exact) mass is 431 g/mol. The second-order valence-electron chi connectivity index (χ2n) is 7.23. The predicted molar refractivity (Wildman–Crippen MR) is 113 cm³/mol. The van der Waals surface area contributed by atoms with Gasteiger partial charge in [0.1, 0.15) is 0 Å². The van der Waals surface area contributed by atoms with Gasteiger partial charge >= 0.3 is 6.18 Å². The number of nitrogens with two attached hydrogens (primary N) is 2. The summed E-state index contributed by atoms with van der Waals surface area (Å²) in [6.07, 6.45) is -1.63. The van der Waals surface area contributed by atoms with Gasteiger partial charge in [-0.3, -0.25) is 4.68 Å². The summed E-state index contributed by atoms with van der Waals surface area (Å²) in [5, 5.41) is 5.76. The SMILES string of the molecule is Cn1ncc2ccc(-c3sc(N)nc3C[C@@H](N)Cc3ccc(C(F)(F)F)cc3)cc21. The summed E-state index contributed by atoms with van der Waals surface area (Å²) >= 11 is 1.39. The summed E-state index contributed by atoms with van der Waals surface area (Å²) in [6, 6.07) is 10.8. The molecule has 1 atom stereocenters. The summed E-state index contributed by atoms with van der Waals surface area (Å²) in [5.41, 5.74) is 15.1. The number of nitrogen functional groups attached to an aromatic ring is 1. The average Bonchev–Trinajstić information content (AvgIpc) is 3.23. The third-order valence-electron chi connectivity index (χ3n) is 4.96. The van der Waals surface area contributed by atoms with Gasteiger partial charge in [0.2, 0.25) is 0 Å². The molecule has 4 aromatic rings. The Labute approximate surface area is 175 Å². The Balaban J connectivity index is 1.54. The second kappa shape index (κ2) is 7.73. The predicted octanol–water partition coefficient (Wildman–Crippen LogP) is 4.41. The number of halogens is 3. The van der Waals surface area contributed by atoms with E-state index in [0.29, 0.717) is 18.0 Å². The van der Waals surface area contributed by atoms with Gasteiger partial charge in [-0.2, -0.15) is 18.3 Å². The molecule has 0 saturated carbocycles. The van der Waals surface area contributed by atoms with Gasteiger partial charge in [-0.1, -0.05) is 35.6 Å². The van der Waals surface area contributed by atoms with E-state index in [2.05, 4.69) is 10.1 Å². The van der Waals surface area contributed by atoms with Crippen molar-refractivity contribution >= 4 is 27.4 Å². The number of fused-ring (bicyclic) bond motifs is 1. The average molecular weight is 431 g/mol. The molecule has 156 valence electrons. The van der Waals surface area contributed by atoms with Crippen LogP contribution in [0.25, 0.3) is 21.3 Å². The van der Waals surface area contributed by atoms with Crippen LogP contribution in [-0.4, -0.2) is 20.8 Å². The molecule has 0 radical (unpaired) electrons. The standard InChI is InChI=1S/C21H20F3N5S/c1-29-18-9-13(4-5-14(18)11-27-29)19-17(28-20(26)30-19)10-16(25)8-12-2-6-15(7-3-12)21(22,23)24/h2-7,9,11,16H,8,10,25H2,1H3,(H2,26,28)/t16-/m0/s1. The molecule has 2 aromatic heterocycles. The molecule has 2 aromatic carbocycles. The van der Waals surface area contributed by atoms with Gasteiger partial charge in [-0.25, -0.2) is 4.98 Å². The lowest BCUT2D eigenvalue weighted by Gasteiger charge is -2.13. The Morgan fingerprint density at radius 3 is 2.53 bits per heavy atom. The number of aromatic nitrogens is 3. The van der Waals surface area contributed by atoms with E-state index in [9.17, 15) is 13.2 Å². The van der Waals surface area contributed by atoms with Crippen molar-refractivity contribution in [1.29, 1.82) is 0 Å². The topological polar surface area (TPSA) is 82.8 Å². The number of benzene rings is 2. The van der Waals surface area contributed by atoms with E-state index in [-0.39, 0.29) is 6.04 Å². The van der Waals surface area contributed by atoms with Crippen molar-refractivity contribution in [2.24, 2.45) is 12.8 Å². The quantitative estimate of drug-likeness (QED) is 0.490. The minimum absolute atomic E-state index is 0.303. The number of hydrogen-bond donors (Lipinski definition) is 2. The van der Waals surface area contributed by atoms with Crippen LogP contribution in [0.3, 0.4) is 0 Å². The van der Waals surface area contributed by atoms with Crippen molar-refractivity contribution in [3.8, 4) is 10.4 Å². The Kier molecular flexibility index (Phi) is 5.25. The Morgan fingerprint density at radius 2 is 1.83 bits per heavy atom. The molecule has 0 saturated heterocycles. The summed E-state index contributed by atoms with van der Waals surface area (Å²) in [4.78, 5) is 5.39. The molecule has 4 N–H and O–H groups in total. The summed E-state index contributed by atoms with van der Waals surface area (Å²) in [5.74, 6) is 0. The zero-order chi connectivity index (χ0) is 21.5. The molecule has 0 aliphatic rings. The minimum atomic E-state index is -4.34. The van der Waals surface area contributed by atoms with E-state index >= 15 is 0 Å². The highest BCUT2D eigenvalue weighted by atomic mass is 32.1. The zero-order valence-electron chi connectivity index (χ0n) is 16.1. The van der Waals surface area contributed by atoms with Crippen LogP contribution in [0.2, 0.25) is 0 Å². The molecule has 0 amide bonds. The fraction of sp³-hybridized carbons (Fsp3) is 0.238. The summed E-state index contributed by atoms with van der Waals surface area (Å²) in [7, 11) is 1.88. The number of hydrogen-bond acceptors (Lipinski definition) is 5. The van der Waals surface area contributed by atoms with Crippen LogP contribution in [0.15, 0.2) is 48.7 Å². The molecular weight excluding hydrogens is 411 g/mol. The number of rotatable bonds is 5. The van der Waals surface area contributed by atoms with Crippen molar-refractivity contribution in [2.45, 2.75) is 25.1 Å². The maximum atomic E-state index is 12.7. The highest BCUT2D eigenvalue weighted by Gasteiger charge is 2.30. The fourth-order valence-electron chi connectivity index (χ4n) is 3.47. The van der Waals surface area contributed by atoms with Crippen molar-refractivity contribution in [3.63, 3.8) is 0 Å². The first kappa shape index (κ1) is 20.4. The molecule has 0 fully saturated rings. The summed E-state index contributed by atoms with van der Waals surface area (Å²) in [6.45, 7) is 0. The number of nitrogens with zero attached hydrogens (tertiary/aromatic N) is 3. The molecule has 9 heteroatoms. The second-order valence-corrected chi connectivity index (χ2v) is 8.26. The van der Waals surface area contributed by atoms with Crippen molar-refractivity contribution in [1.82, 2.24) is 14.8 Å². The Hall–Kier alpha value is -2.91. The molecule has 0 aliphatic heterocycles. The molecule has 0 aliphatic carbocycles. The third-order valence-corrected chi connectivity index (χ3v) is 5.94. The van der Waals surface area contributed by atoms with Crippen molar-refractivity contribution < 1.29 is 13.2 Å². The van der Waals surface area contributed by atoms with Gasteiger partial charge in [0.05, 0.1) is 27.8 Å². The summed E-state index contributed by atoms with van der Waals surface area (Å²) < 4.78 is 40.0. The van der Waals surface area contributed by atoms with Crippen LogP contribution in [0.5, 0.6) is 0 Å². The molecular formula is C21H20F3N5S. The Bertz CT molecular complexity index is 1180. The first-order valence-corrected chi connectivity index (χ1v) is 10.1. The van der Waals surface area contributed by atoms with Gasteiger partial charge in [-0.15, -0.1) is 0 Å². The van der Waals surface area contributed by atoms with E-state index < -0.39 is 11.7 Å². The number of aryl methyl sites for hydroxylation is 1. The zero-order valence-corrected chi connectivity index (χ0v) is 17.0. The van der Waals surface area contributed by atoms with Gasteiger partial charge in [0.25, 0.3) is 0 Å². The lowest BCUT2D eigenvalue weighted by Crippen LogP contribution is -2.26. The van der Waals surface area contributed by atoms with E-state index in [4.69, 9.17) is 11.5 Å². The van der Waals surface area contributed by atoms with Gasteiger partial charge in [0.15, 0.2) is 5.13 Å². The molecule has 2 heterocycles. The maximum Gasteiger partial charge on any atom is 0.416 e. The highest BCUT2D eigenvalue weighted by Crippen LogP contribution is 2.34. The first-order valence-electron chi connectivity index (χ1n) is 9.30. The Morgan fingerprint density at radius 1 is 1.10 bits per heavy atom. The molecule has 5 nitrogen and oxygen atoms in total. The van der Waals surface area contributed by atoms with E-state index in [1.807, 2.05) is 25.2 Å². The molecule has 0 unspecified atom stereocenters. The van der Waals surface area contributed by atoms with Crippen LogP contribution in [0.4, 0.5) is 18.3 Å². The largest absolute Gasteiger partial charge is 0.416 e. The lowest BCUT2D eigenvalue weighted by molar-refractivity contribution is -0.137. The van der Waals surface area contributed by atoms with Crippen LogP contribution >= 0.6 is 11.3 Å².